The summed E-state index contributed by atoms with van der Waals surface area (Å²) in [5.41, 5.74) is 1.64. The first-order chi connectivity index (χ1) is 12.9. The maximum Gasteiger partial charge on any atom is 0.418 e. The molecule has 0 aliphatic carbocycles. The lowest BCUT2D eigenvalue weighted by Gasteiger charge is -2.23. The van der Waals surface area contributed by atoms with Crippen LogP contribution in [-0.4, -0.2) is 19.0 Å². The Hall–Kier alpha value is -2.96. The topological polar surface area (TPSA) is 44.4 Å². The van der Waals surface area contributed by atoms with Crippen molar-refractivity contribution in [3.8, 4) is 0 Å². The van der Waals surface area contributed by atoms with Gasteiger partial charge in [-0.15, -0.1) is 0 Å². The van der Waals surface area contributed by atoms with E-state index in [1.165, 1.54) is 12.3 Å². The van der Waals surface area contributed by atoms with E-state index in [-0.39, 0.29) is 17.3 Å². The normalized spacial score (nSPS) is 18.0. The molecule has 1 saturated heterocycles. The van der Waals surface area contributed by atoms with Gasteiger partial charge < -0.3 is 15.5 Å². The largest absolute Gasteiger partial charge is 0.418 e. The number of hydrogen-bond acceptors (Lipinski definition) is 3. The molecule has 0 saturated carbocycles. The van der Waals surface area contributed by atoms with Gasteiger partial charge in [-0.25, -0.2) is 0 Å². The average Bonchev–Trinajstić information content (AvgIpc) is 3.26. The van der Waals surface area contributed by atoms with Gasteiger partial charge in [0.05, 0.1) is 11.1 Å². The van der Waals surface area contributed by atoms with E-state index >= 15 is 0 Å². The SMILES string of the molecule is O=C1Nc2ccccc2C1=CNc1ccc(N2CCCC2)c(C(F)(F)F)c1. The smallest absolute Gasteiger partial charge is 0.371 e. The van der Waals surface area contributed by atoms with Crippen molar-refractivity contribution in [3.63, 3.8) is 0 Å². The summed E-state index contributed by atoms with van der Waals surface area (Å²) in [6.07, 6.45) is -1.19. The molecule has 0 spiro atoms. The zero-order chi connectivity index (χ0) is 19.0. The number of carbonyl (C=O) groups excluding carboxylic acids is 1. The molecule has 7 heteroatoms. The van der Waals surface area contributed by atoms with Gasteiger partial charge >= 0.3 is 6.18 Å². The minimum absolute atomic E-state index is 0.210. The molecule has 0 radical (unpaired) electrons. The summed E-state index contributed by atoms with van der Waals surface area (Å²) in [5.74, 6) is -0.284. The first-order valence-corrected chi connectivity index (χ1v) is 8.77. The molecule has 2 aliphatic rings. The standard InChI is InChI=1S/C20H18F3N3O/c21-20(22,23)16-11-13(7-8-18(16)26-9-3-4-10-26)24-12-15-14-5-1-2-6-17(14)25-19(15)27/h1-2,5-8,11-12,24H,3-4,9-10H2,(H,25,27). The molecule has 2 N–H and O–H groups in total. The number of nitrogens with one attached hydrogen (secondary N) is 2. The van der Waals surface area contributed by atoms with Crippen molar-refractivity contribution in [2.75, 3.05) is 28.6 Å². The number of carbonyl (C=O) groups is 1. The van der Waals surface area contributed by atoms with Crippen LogP contribution in [0.1, 0.15) is 24.0 Å². The first kappa shape index (κ1) is 17.5. The Kier molecular flexibility index (Phi) is 4.30. The maximum atomic E-state index is 13.5. The van der Waals surface area contributed by atoms with Crippen molar-refractivity contribution in [1.29, 1.82) is 0 Å². The van der Waals surface area contributed by atoms with Crippen molar-refractivity contribution in [2.45, 2.75) is 19.0 Å². The summed E-state index contributed by atoms with van der Waals surface area (Å²) in [5, 5.41) is 5.58. The lowest BCUT2D eigenvalue weighted by molar-refractivity contribution is -0.137. The van der Waals surface area contributed by atoms with Crippen molar-refractivity contribution in [2.24, 2.45) is 0 Å². The monoisotopic (exact) mass is 373 g/mol. The van der Waals surface area contributed by atoms with Crippen LogP contribution in [0, 0.1) is 0 Å². The number of anilines is 3. The summed E-state index contributed by atoms with van der Waals surface area (Å²) in [6.45, 7) is 1.27. The molecule has 140 valence electrons. The van der Waals surface area contributed by atoms with Crippen LogP contribution in [0.4, 0.5) is 30.2 Å². The number of hydrogen-bond donors (Lipinski definition) is 2. The summed E-state index contributed by atoms with van der Waals surface area (Å²) in [6, 6.07) is 11.4. The summed E-state index contributed by atoms with van der Waals surface area (Å²) >= 11 is 0. The van der Waals surface area contributed by atoms with Gasteiger partial charge in [-0.2, -0.15) is 13.2 Å². The molecule has 2 aromatic carbocycles. The summed E-state index contributed by atoms with van der Waals surface area (Å²) in [7, 11) is 0. The second kappa shape index (κ2) is 6.64. The molecule has 2 heterocycles. The maximum absolute atomic E-state index is 13.5. The first-order valence-electron chi connectivity index (χ1n) is 8.77. The summed E-state index contributed by atoms with van der Waals surface area (Å²) in [4.78, 5) is 13.9. The zero-order valence-electron chi connectivity index (χ0n) is 14.4. The Morgan fingerprint density at radius 1 is 1.07 bits per heavy atom. The van der Waals surface area contributed by atoms with Gasteiger partial charge in [-0.05, 0) is 37.1 Å². The molecule has 27 heavy (non-hydrogen) atoms. The van der Waals surface area contributed by atoms with Crippen LogP contribution >= 0.6 is 0 Å². The number of para-hydroxylation sites is 1. The van der Waals surface area contributed by atoms with Gasteiger partial charge in [0.2, 0.25) is 0 Å². The van der Waals surface area contributed by atoms with Crippen molar-refractivity contribution in [3.05, 3.63) is 59.8 Å². The van der Waals surface area contributed by atoms with Crippen LogP contribution in [0.2, 0.25) is 0 Å². The van der Waals surface area contributed by atoms with E-state index in [2.05, 4.69) is 10.6 Å². The van der Waals surface area contributed by atoms with Gasteiger partial charge in [0.25, 0.3) is 5.91 Å². The van der Waals surface area contributed by atoms with Crippen LogP contribution < -0.4 is 15.5 Å². The quantitative estimate of drug-likeness (QED) is 0.766. The fourth-order valence-corrected chi connectivity index (χ4v) is 3.52. The molecule has 4 nitrogen and oxygen atoms in total. The van der Waals surface area contributed by atoms with E-state index < -0.39 is 11.7 Å². The van der Waals surface area contributed by atoms with Crippen LogP contribution in [0.25, 0.3) is 5.57 Å². The number of rotatable bonds is 3. The van der Waals surface area contributed by atoms with Gasteiger partial charge in [-0.1, -0.05) is 18.2 Å². The fourth-order valence-electron chi connectivity index (χ4n) is 3.52. The van der Waals surface area contributed by atoms with E-state index in [1.807, 2.05) is 6.07 Å². The second-order valence-corrected chi connectivity index (χ2v) is 6.63. The number of alkyl halides is 3. The Morgan fingerprint density at radius 2 is 1.81 bits per heavy atom. The third-order valence-corrected chi connectivity index (χ3v) is 4.84. The molecule has 0 bridgehead atoms. The van der Waals surface area contributed by atoms with Gasteiger partial charge in [0.1, 0.15) is 0 Å². The lowest BCUT2D eigenvalue weighted by Crippen LogP contribution is -2.22. The molecule has 2 aliphatic heterocycles. The van der Waals surface area contributed by atoms with E-state index in [1.54, 1.807) is 29.2 Å². The number of nitrogens with zero attached hydrogens (tertiary/aromatic N) is 1. The Bertz CT molecular complexity index is 915. The highest BCUT2D eigenvalue weighted by molar-refractivity contribution is 6.31. The molecule has 2 aromatic rings. The van der Waals surface area contributed by atoms with Crippen molar-refractivity contribution in [1.82, 2.24) is 0 Å². The fraction of sp³-hybridized carbons (Fsp3) is 0.250. The van der Waals surface area contributed by atoms with Crippen molar-refractivity contribution >= 4 is 28.5 Å². The molecular weight excluding hydrogens is 355 g/mol. The van der Waals surface area contributed by atoms with Gasteiger partial charge in [0.15, 0.2) is 0 Å². The average molecular weight is 373 g/mol. The predicted octanol–water partition coefficient (Wildman–Crippen LogP) is 4.71. The third-order valence-electron chi connectivity index (χ3n) is 4.84. The van der Waals surface area contributed by atoms with Gasteiger partial charge in [-0.3, -0.25) is 4.79 Å². The molecule has 4 rings (SSSR count). The second-order valence-electron chi connectivity index (χ2n) is 6.63. The molecule has 1 fully saturated rings. The molecule has 0 unspecified atom stereocenters. The Morgan fingerprint density at radius 3 is 2.56 bits per heavy atom. The highest BCUT2D eigenvalue weighted by atomic mass is 19.4. The minimum Gasteiger partial charge on any atom is -0.371 e. The van der Waals surface area contributed by atoms with Crippen LogP contribution in [0.5, 0.6) is 0 Å². The van der Waals surface area contributed by atoms with Gasteiger partial charge in [0, 0.05) is 41.9 Å². The zero-order valence-corrected chi connectivity index (χ0v) is 14.4. The highest BCUT2D eigenvalue weighted by Gasteiger charge is 2.35. The Labute approximate surface area is 154 Å². The van der Waals surface area contributed by atoms with Crippen molar-refractivity contribution < 1.29 is 18.0 Å². The number of halogens is 3. The lowest BCUT2D eigenvalue weighted by atomic mass is 10.1. The number of amides is 1. The molecule has 0 atom stereocenters. The van der Waals surface area contributed by atoms with Crippen LogP contribution in [-0.2, 0) is 11.0 Å². The number of fused-ring (bicyclic) bond motifs is 1. The highest BCUT2D eigenvalue weighted by Crippen LogP contribution is 2.39. The van der Waals surface area contributed by atoms with E-state index in [0.29, 0.717) is 24.4 Å². The molecule has 1 amide bonds. The summed E-state index contributed by atoms with van der Waals surface area (Å²) < 4.78 is 40.6. The minimum atomic E-state index is -4.44. The Balaban J connectivity index is 1.64. The van der Waals surface area contributed by atoms with Crippen LogP contribution in [0.3, 0.4) is 0 Å². The third kappa shape index (κ3) is 3.37. The van der Waals surface area contributed by atoms with E-state index in [4.69, 9.17) is 0 Å². The molecule has 0 aromatic heterocycles. The predicted molar refractivity (Wildman–Crippen MR) is 99.6 cm³/mol. The van der Waals surface area contributed by atoms with E-state index in [0.717, 1.165) is 24.5 Å². The van der Waals surface area contributed by atoms with Crippen LogP contribution in [0.15, 0.2) is 48.7 Å². The molecular formula is C20H18F3N3O. The van der Waals surface area contributed by atoms with E-state index in [9.17, 15) is 18.0 Å². The number of benzene rings is 2.